The molecule has 0 spiro atoms. The fraction of sp³-hybridized carbons (Fsp3) is 0.115. The Labute approximate surface area is 184 Å². The number of hydrogen-bond acceptors (Lipinski definition) is 5. The van der Waals surface area contributed by atoms with Gasteiger partial charge in [0.2, 0.25) is 5.76 Å². The predicted octanol–water partition coefficient (Wildman–Crippen LogP) is 4.50. The minimum Gasteiger partial charge on any atom is -0.490 e. The average molecular weight is 424 g/mol. The molecule has 0 saturated carbocycles. The van der Waals surface area contributed by atoms with Gasteiger partial charge in [-0.1, -0.05) is 43.0 Å². The Morgan fingerprint density at radius 1 is 1.06 bits per heavy atom. The molecule has 1 aliphatic rings. The van der Waals surface area contributed by atoms with Crippen molar-refractivity contribution in [2.75, 3.05) is 6.61 Å². The Kier molecular flexibility index (Phi) is 5.03. The third-order valence-corrected chi connectivity index (χ3v) is 5.51. The second-order valence-electron chi connectivity index (χ2n) is 7.54. The molecule has 0 saturated heterocycles. The average Bonchev–Trinajstić information content (AvgIpc) is 3.10. The molecule has 4 aromatic rings. The molecule has 158 valence electrons. The molecule has 0 fully saturated rings. The molecule has 0 N–H and O–H groups in total. The molecule has 5 rings (SSSR count). The predicted molar refractivity (Wildman–Crippen MR) is 121 cm³/mol. The van der Waals surface area contributed by atoms with Crippen molar-refractivity contribution < 1.29 is 13.9 Å². The molecule has 1 atom stereocenters. The van der Waals surface area contributed by atoms with Gasteiger partial charge in [-0.15, -0.1) is 0 Å². The lowest BCUT2D eigenvalue weighted by atomic mass is 9.98. The molecule has 6 nitrogen and oxygen atoms in total. The van der Waals surface area contributed by atoms with Crippen LogP contribution in [-0.2, 0) is 6.54 Å². The molecule has 2 aromatic heterocycles. The van der Waals surface area contributed by atoms with E-state index in [0.29, 0.717) is 35.4 Å². The molecule has 32 heavy (non-hydrogen) atoms. The number of fused-ring (bicyclic) bond motifs is 2. The van der Waals surface area contributed by atoms with E-state index in [4.69, 9.17) is 9.15 Å². The third kappa shape index (κ3) is 3.36. The highest BCUT2D eigenvalue weighted by Crippen LogP contribution is 2.39. The zero-order valence-corrected chi connectivity index (χ0v) is 17.2. The quantitative estimate of drug-likeness (QED) is 0.426. The lowest BCUT2D eigenvalue weighted by Gasteiger charge is -2.25. The van der Waals surface area contributed by atoms with Crippen LogP contribution in [0.2, 0.25) is 0 Å². The molecule has 1 amide bonds. The van der Waals surface area contributed by atoms with Crippen LogP contribution in [0.3, 0.4) is 0 Å². The maximum absolute atomic E-state index is 13.5. The van der Waals surface area contributed by atoms with Gasteiger partial charge < -0.3 is 14.1 Å². The number of benzene rings is 2. The number of carbonyl (C=O) groups excluding carboxylic acids is 1. The highest BCUT2D eigenvalue weighted by atomic mass is 16.5. The second-order valence-corrected chi connectivity index (χ2v) is 7.54. The SMILES string of the molecule is C=CCOc1ccc(C2c3c(oc4ccccc4c3=O)C(=O)N2Cc2cccnc2)cc1. The van der Waals surface area contributed by atoms with Crippen molar-refractivity contribution in [3.8, 4) is 5.75 Å². The highest BCUT2D eigenvalue weighted by Gasteiger charge is 2.42. The topological polar surface area (TPSA) is 72.6 Å². The number of aromatic nitrogens is 1. The molecular weight excluding hydrogens is 404 g/mol. The lowest BCUT2D eigenvalue weighted by molar-refractivity contribution is 0.0714. The minimum absolute atomic E-state index is 0.0922. The maximum Gasteiger partial charge on any atom is 0.291 e. The van der Waals surface area contributed by atoms with Gasteiger partial charge in [-0.2, -0.15) is 0 Å². The maximum atomic E-state index is 13.5. The van der Waals surface area contributed by atoms with Crippen LogP contribution in [0.1, 0.15) is 33.3 Å². The fourth-order valence-corrected chi connectivity index (χ4v) is 4.07. The van der Waals surface area contributed by atoms with E-state index in [2.05, 4.69) is 11.6 Å². The zero-order chi connectivity index (χ0) is 22.1. The number of amides is 1. The lowest BCUT2D eigenvalue weighted by Crippen LogP contribution is -2.29. The second kappa shape index (κ2) is 8.15. The van der Waals surface area contributed by atoms with E-state index < -0.39 is 6.04 Å². The van der Waals surface area contributed by atoms with Crippen molar-refractivity contribution in [1.29, 1.82) is 0 Å². The highest BCUT2D eigenvalue weighted by molar-refractivity contribution is 5.99. The normalized spacial score (nSPS) is 15.1. The summed E-state index contributed by atoms with van der Waals surface area (Å²) in [5, 5.41) is 0.457. The van der Waals surface area contributed by atoms with Crippen LogP contribution in [0.5, 0.6) is 5.75 Å². The first-order valence-corrected chi connectivity index (χ1v) is 10.3. The van der Waals surface area contributed by atoms with Gasteiger partial charge in [-0.3, -0.25) is 14.6 Å². The van der Waals surface area contributed by atoms with Crippen LogP contribution in [0.15, 0.2) is 94.9 Å². The molecule has 6 heteroatoms. The zero-order valence-electron chi connectivity index (χ0n) is 17.2. The van der Waals surface area contributed by atoms with E-state index in [9.17, 15) is 9.59 Å². The Bertz CT molecular complexity index is 1360. The smallest absolute Gasteiger partial charge is 0.291 e. The number of hydrogen-bond donors (Lipinski definition) is 0. The van der Waals surface area contributed by atoms with Crippen LogP contribution in [-0.4, -0.2) is 22.4 Å². The van der Waals surface area contributed by atoms with E-state index in [1.165, 1.54) is 0 Å². The van der Waals surface area contributed by atoms with Gasteiger partial charge in [0.1, 0.15) is 17.9 Å². The van der Waals surface area contributed by atoms with Crippen molar-refractivity contribution in [3.05, 3.63) is 118 Å². The summed E-state index contributed by atoms with van der Waals surface area (Å²) in [5.41, 5.74) is 2.23. The Hall–Kier alpha value is -4.19. The number of ether oxygens (including phenoxy) is 1. The Morgan fingerprint density at radius 2 is 1.88 bits per heavy atom. The van der Waals surface area contributed by atoms with Crippen molar-refractivity contribution in [3.63, 3.8) is 0 Å². The molecule has 3 heterocycles. The van der Waals surface area contributed by atoms with Gasteiger partial charge in [0.05, 0.1) is 17.0 Å². The van der Waals surface area contributed by atoms with E-state index in [1.807, 2.05) is 36.4 Å². The summed E-state index contributed by atoms with van der Waals surface area (Å²) in [6.45, 7) is 4.35. The van der Waals surface area contributed by atoms with E-state index in [1.54, 1.807) is 47.6 Å². The van der Waals surface area contributed by atoms with Crippen LogP contribution < -0.4 is 10.2 Å². The van der Waals surface area contributed by atoms with Crippen molar-refractivity contribution in [2.45, 2.75) is 12.6 Å². The van der Waals surface area contributed by atoms with Crippen LogP contribution in [0, 0.1) is 0 Å². The molecular formula is C26H20N2O4. The molecule has 2 aromatic carbocycles. The summed E-state index contributed by atoms with van der Waals surface area (Å²) in [7, 11) is 0. The third-order valence-electron chi connectivity index (χ3n) is 5.51. The molecule has 1 unspecified atom stereocenters. The van der Waals surface area contributed by atoms with E-state index in [0.717, 1.165) is 11.1 Å². The number of nitrogens with zero attached hydrogens (tertiary/aromatic N) is 2. The van der Waals surface area contributed by atoms with Crippen LogP contribution >= 0.6 is 0 Å². The summed E-state index contributed by atoms with van der Waals surface area (Å²) in [5.74, 6) is 0.459. The summed E-state index contributed by atoms with van der Waals surface area (Å²) in [6.07, 6.45) is 5.07. The molecule has 0 bridgehead atoms. The first kappa shape index (κ1) is 19.8. The van der Waals surface area contributed by atoms with Crippen molar-refractivity contribution >= 4 is 16.9 Å². The monoisotopic (exact) mass is 424 g/mol. The summed E-state index contributed by atoms with van der Waals surface area (Å²) in [4.78, 5) is 32.7. The first-order valence-electron chi connectivity index (χ1n) is 10.3. The number of rotatable bonds is 6. The summed E-state index contributed by atoms with van der Waals surface area (Å²) in [6, 6.07) is 17.5. The van der Waals surface area contributed by atoms with Crippen LogP contribution in [0.25, 0.3) is 11.0 Å². The van der Waals surface area contributed by atoms with Gasteiger partial charge >= 0.3 is 0 Å². The molecule has 0 radical (unpaired) electrons. The Morgan fingerprint density at radius 3 is 2.62 bits per heavy atom. The minimum atomic E-state index is -0.577. The van der Waals surface area contributed by atoms with Gasteiger partial charge in [-0.05, 0) is 41.5 Å². The number of carbonyl (C=O) groups is 1. The fourth-order valence-electron chi connectivity index (χ4n) is 4.07. The largest absolute Gasteiger partial charge is 0.490 e. The number of para-hydroxylation sites is 1. The van der Waals surface area contributed by atoms with Crippen molar-refractivity contribution in [2.24, 2.45) is 0 Å². The first-order chi connectivity index (χ1) is 15.7. The van der Waals surface area contributed by atoms with Crippen molar-refractivity contribution in [1.82, 2.24) is 9.88 Å². The van der Waals surface area contributed by atoms with Gasteiger partial charge in [0, 0.05) is 18.9 Å². The van der Waals surface area contributed by atoms with E-state index in [-0.39, 0.29) is 17.1 Å². The standard InChI is InChI=1S/C26H20N2O4/c1-2-14-31-19-11-9-18(10-12-19)23-22-24(29)20-7-3-4-8-21(20)32-25(22)26(30)28(23)16-17-6-5-13-27-15-17/h2-13,15,23H,1,14,16H2. The summed E-state index contributed by atoms with van der Waals surface area (Å²) >= 11 is 0. The Balaban J connectivity index is 1.65. The summed E-state index contributed by atoms with van der Waals surface area (Å²) < 4.78 is 11.5. The van der Waals surface area contributed by atoms with Gasteiger partial charge in [0.15, 0.2) is 5.43 Å². The van der Waals surface area contributed by atoms with Gasteiger partial charge in [-0.25, -0.2) is 0 Å². The van der Waals surface area contributed by atoms with Gasteiger partial charge in [0.25, 0.3) is 5.91 Å². The molecule has 0 aliphatic carbocycles. The van der Waals surface area contributed by atoms with Crippen LogP contribution in [0.4, 0.5) is 0 Å². The molecule has 1 aliphatic heterocycles. The van der Waals surface area contributed by atoms with E-state index >= 15 is 0 Å². The number of pyridine rings is 1.